The zero-order valence-electron chi connectivity index (χ0n) is 10.0. The van der Waals surface area contributed by atoms with Gasteiger partial charge in [0, 0.05) is 16.7 Å². The summed E-state index contributed by atoms with van der Waals surface area (Å²) in [7, 11) is 0. The molecule has 2 aromatic carbocycles. The van der Waals surface area contributed by atoms with Gasteiger partial charge >= 0.3 is 0 Å². The predicted octanol–water partition coefficient (Wildman–Crippen LogP) is 4.48. The van der Waals surface area contributed by atoms with E-state index in [4.69, 9.17) is 17.3 Å². The monoisotopic (exact) mass is 267 g/mol. The standard InChI is InChI=1S/C14H12ClF2N/c1-7-4-11(15)8(2)3-9(7)10-5-13(17)14(18)6-12(10)16/h3-6H,18H2,1-2H3. The van der Waals surface area contributed by atoms with Crippen LogP contribution in [0.15, 0.2) is 24.3 Å². The molecular weight excluding hydrogens is 256 g/mol. The first kappa shape index (κ1) is 12.8. The number of benzene rings is 2. The highest BCUT2D eigenvalue weighted by atomic mass is 35.5. The van der Waals surface area contributed by atoms with Crippen molar-refractivity contribution in [2.75, 3.05) is 5.73 Å². The maximum atomic E-state index is 13.8. The van der Waals surface area contributed by atoms with Crippen LogP contribution in [0.2, 0.25) is 5.02 Å². The molecule has 0 aromatic heterocycles. The minimum absolute atomic E-state index is 0.193. The van der Waals surface area contributed by atoms with Gasteiger partial charge in [-0.3, -0.25) is 0 Å². The lowest BCUT2D eigenvalue weighted by Crippen LogP contribution is -1.96. The molecule has 4 heteroatoms. The summed E-state index contributed by atoms with van der Waals surface area (Å²) < 4.78 is 27.3. The number of halogens is 3. The lowest BCUT2D eigenvalue weighted by atomic mass is 9.97. The van der Waals surface area contributed by atoms with Crippen molar-refractivity contribution in [2.45, 2.75) is 13.8 Å². The highest BCUT2D eigenvalue weighted by molar-refractivity contribution is 6.31. The Labute approximate surface area is 109 Å². The molecule has 94 valence electrons. The zero-order chi connectivity index (χ0) is 13.4. The van der Waals surface area contributed by atoms with E-state index >= 15 is 0 Å². The van der Waals surface area contributed by atoms with E-state index in [1.807, 2.05) is 6.92 Å². The summed E-state index contributed by atoms with van der Waals surface area (Å²) in [5.41, 5.74) is 7.54. The summed E-state index contributed by atoms with van der Waals surface area (Å²) in [6.45, 7) is 3.62. The van der Waals surface area contributed by atoms with Crippen LogP contribution in [0.3, 0.4) is 0 Å². The van der Waals surface area contributed by atoms with Gasteiger partial charge in [0.15, 0.2) is 0 Å². The van der Waals surface area contributed by atoms with Crippen LogP contribution in [0, 0.1) is 25.5 Å². The Morgan fingerprint density at radius 2 is 1.56 bits per heavy atom. The molecule has 2 N–H and O–H groups in total. The van der Waals surface area contributed by atoms with E-state index in [1.54, 1.807) is 19.1 Å². The third-order valence-corrected chi connectivity index (χ3v) is 3.29. The second-order valence-electron chi connectivity index (χ2n) is 4.27. The van der Waals surface area contributed by atoms with Gasteiger partial charge in [-0.2, -0.15) is 0 Å². The van der Waals surface area contributed by atoms with Crippen molar-refractivity contribution in [2.24, 2.45) is 0 Å². The highest BCUT2D eigenvalue weighted by Crippen LogP contribution is 2.32. The summed E-state index contributed by atoms with van der Waals surface area (Å²) in [6, 6.07) is 5.58. The molecule has 0 spiro atoms. The van der Waals surface area contributed by atoms with Gasteiger partial charge in [0.2, 0.25) is 0 Å². The third kappa shape index (κ3) is 2.18. The molecule has 0 aliphatic rings. The van der Waals surface area contributed by atoms with Crippen molar-refractivity contribution in [3.05, 3.63) is 52.0 Å². The molecule has 0 atom stereocenters. The molecule has 0 bridgehead atoms. The Balaban J connectivity index is 2.69. The SMILES string of the molecule is Cc1cc(-c2cc(F)c(N)cc2F)c(C)cc1Cl. The Hall–Kier alpha value is -1.61. The van der Waals surface area contributed by atoms with E-state index in [-0.39, 0.29) is 11.3 Å². The number of nitrogen functional groups attached to an aromatic ring is 1. The van der Waals surface area contributed by atoms with Crippen LogP contribution in [-0.4, -0.2) is 0 Å². The molecule has 0 amide bonds. The van der Waals surface area contributed by atoms with Gasteiger partial charge in [-0.1, -0.05) is 11.6 Å². The lowest BCUT2D eigenvalue weighted by molar-refractivity contribution is 0.607. The Morgan fingerprint density at radius 3 is 2.22 bits per heavy atom. The number of nitrogens with two attached hydrogens (primary N) is 1. The van der Waals surface area contributed by atoms with Gasteiger partial charge in [-0.25, -0.2) is 8.78 Å². The fourth-order valence-corrected chi connectivity index (χ4v) is 2.06. The van der Waals surface area contributed by atoms with Crippen molar-refractivity contribution in [1.82, 2.24) is 0 Å². The highest BCUT2D eigenvalue weighted by Gasteiger charge is 2.13. The van der Waals surface area contributed by atoms with Crippen LogP contribution in [0.4, 0.5) is 14.5 Å². The lowest BCUT2D eigenvalue weighted by Gasteiger charge is -2.11. The van der Waals surface area contributed by atoms with Crippen molar-refractivity contribution in [1.29, 1.82) is 0 Å². The quantitative estimate of drug-likeness (QED) is 0.757. The molecule has 0 saturated heterocycles. The maximum Gasteiger partial charge on any atom is 0.146 e. The van der Waals surface area contributed by atoms with Gasteiger partial charge in [0.05, 0.1) is 5.69 Å². The molecular formula is C14H12ClF2N. The number of hydrogen-bond acceptors (Lipinski definition) is 1. The molecule has 0 heterocycles. The molecule has 0 aliphatic carbocycles. The van der Waals surface area contributed by atoms with Crippen LogP contribution in [0.5, 0.6) is 0 Å². The first-order chi connectivity index (χ1) is 8.40. The van der Waals surface area contributed by atoms with Gasteiger partial charge in [-0.15, -0.1) is 0 Å². The number of anilines is 1. The normalized spacial score (nSPS) is 10.7. The molecule has 18 heavy (non-hydrogen) atoms. The van der Waals surface area contributed by atoms with Crippen LogP contribution in [0.1, 0.15) is 11.1 Å². The van der Waals surface area contributed by atoms with Crippen LogP contribution >= 0.6 is 11.6 Å². The van der Waals surface area contributed by atoms with Gasteiger partial charge in [0.25, 0.3) is 0 Å². The van der Waals surface area contributed by atoms with Crippen LogP contribution in [0.25, 0.3) is 11.1 Å². The van der Waals surface area contributed by atoms with E-state index in [0.29, 0.717) is 10.6 Å². The third-order valence-electron chi connectivity index (χ3n) is 2.88. The van der Waals surface area contributed by atoms with Crippen molar-refractivity contribution < 1.29 is 8.78 Å². The smallest absolute Gasteiger partial charge is 0.146 e. The fraction of sp³-hybridized carbons (Fsp3) is 0.143. The molecule has 0 fully saturated rings. The summed E-state index contributed by atoms with van der Waals surface area (Å²) in [5.74, 6) is -1.17. The topological polar surface area (TPSA) is 26.0 Å². The fourth-order valence-electron chi connectivity index (χ4n) is 1.84. The molecule has 0 saturated carbocycles. The second kappa shape index (κ2) is 4.58. The summed E-state index contributed by atoms with van der Waals surface area (Å²) in [5, 5.41) is 0.604. The predicted molar refractivity (Wildman–Crippen MR) is 70.7 cm³/mol. The Bertz CT molecular complexity index is 568. The van der Waals surface area contributed by atoms with Crippen molar-refractivity contribution >= 4 is 17.3 Å². The number of hydrogen-bond donors (Lipinski definition) is 1. The zero-order valence-corrected chi connectivity index (χ0v) is 10.8. The minimum Gasteiger partial charge on any atom is -0.396 e. The molecule has 0 unspecified atom stereocenters. The number of rotatable bonds is 1. The Morgan fingerprint density at radius 1 is 0.889 bits per heavy atom. The van der Waals surface area contributed by atoms with Crippen molar-refractivity contribution in [3.8, 4) is 11.1 Å². The molecule has 2 rings (SSSR count). The maximum absolute atomic E-state index is 13.8. The first-order valence-electron chi connectivity index (χ1n) is 5.42. The van der Waals surface area contributed by atoms with Crippen LogP contribution < -0.4 is 5.73 Å². The molecule has 1 nitrogen and oxygen atoms in total. The summed E-state index contributed by atoms with van der Waals surface area (Å²) >= 11 is 5.98. The van der Waals surface area contributed by atoms with E-state index in [1.165, 1.54) is 0 Å². The second-order valence-corrected chi connectivity index (χ2v) is 4.68. The Kier molecular flexibility index (Phi) is 3.26. The summed E-state index contributed by atoms with van der Waals surface area (Å²) in [4.78, 5) is 0. The molecule has 0 aliphatic heterocycles. The van der Waals surface area contributed by atoms with E-state index in [9.17, 15) is 8.78 Å². The number of aryl methyl sites for hydroxylation is 2. The van der Waals surface area contributed by atoms with E-state index in [2.05, 4.69) is 0 Å². The first-order valence-corrected chi connectivity index (χ1v) is 5.79. The van der Waals surface area contributed by atoms with Gasteiger partial charge in [-0.05, 0) is 48.7 Å². The minimum atomic E-state index is -0.626. The molecule has 2 aromatic rings. The average Bonchev–Trinajstić information content (AvgIpc) is 2.29. The summed E-state index contributed by atoms with van der Waals surface area (Å²) in [6.07, 6.45) is 0. The van der Waals surface area contributed by atoms with Crippen LogP contribution in [-0.2, 0) is 0 Å². The van der Waals surface area contributed by atoms with Crippen molar-refractivity contribution in [3.63, 3.8) is 0 Å². The largest absolute Gasteiger partial charge is 0.396 e. The van der Waals surface area contributed by atoms with Gasteiger partial charge in [0.1, 0.15) is 11.6 Å². The average molecular weight is 268 g/mol. The van der Waals surface area contributed by atoms with E-state index in [0.717, 1.165) is 23.3 Å². The molecule has 0 radical (unpaired) electrons. The van der Waals surface area contributed by atoms with Gasteiger partial charge < -0.3 is 5.73 Å². The van der Waals surface area contributed by atoms with E-state index < -0.39 is 11.6 Å².